The van der Waals surface area contributed by atoms with Crippen molar-refractivity contribution in [1.82, 2.24) is 15.2 Å². The molecule has 3 aromatic rings. The Bertz CT molecular complexity index is 970. The SMILES string of the molecule is Cc1n[nH]c(=O)nc1NN=Cc1ccc(OCc2cccc(Cl)c2)cc1. The molecule has 132 valence electrons. The lowest BCUT2D eigenvalue weighted by Crippen LogP contribution is -2.15. The number of nitrogens with one attached hydrogen (secondary N) is 2. The molecule has 2 aromatic carbocycles. The summed E-state index contributed by atoms with van der Waals surface area (Å²) in [6.45, 7) is 2.16. The van der Waals surface area contributed by atoms with Crippen molar-refractivity contribution in [3.05, 3.63) is 80.9 Å². The van der Waals surface area contributed by atoms with Crippen molar-refractivity contribution in [1.29, 1.82) is 0 Å². The first kappa shape index (κ1) is 17.6. The summed E-state index contributed by atoms with van der Waals surface area (Å²) in [4.78, 5) is 14.9. The largest absolute Gasteiger partial charge is 0.489 e. The summed E-state index contributed by atoms with van der Waals surface area (Å²) in [5, 5.41) is 10.8. The number of H-pyrrole nitrogens is 1. The first-order valence-electron chi connectivity index (χ1n) is 7.80. The maximum atomic E-state index is 11.2. The quantitative estimate of drug-likeness (QED) is 0.514. The molecule has 3 rings (SSSR count). The minimum absolute atomic E-state index is 0.312. The average Bonchev–Trinajstić information content (AvgIpc) is 2.64. The molecule has 0 aliphatic rings. The molecule has 0 bridgehead atoms. The van der Waals surface area contributed by atoms with Crippen molar-refractivity contribution >= 4 is 23.6 Å². The second-order valence-electron chi connectivity index (χ2n) is 5.43. The summed E-state index contributed by atoms with van der Waals surface area (Å²) in [6.07, 6.45) is 1.61. The highest BCUT2D eigenvalue weighted by Gasteiger charge is 2.00. The summed E-state index contributed by atoms with van der Waals surface area (Å²) in [7, 11) is 0. The van der Waals surface area contributed by atoms with E-state index in [0.29, 0.717) is 23.1 Å². The number of anilines is 1. The third-order valence-corrected chi connectivity index (χ3v) is 3.67. The van der Waals surface area contributed by atoms with E-state index in [0.717, 1.165) is 16.9 Å². The van der Waals surface area contributed by atoms with Gasteiger partial charge in [-0.3, -0.25) is 5.43 Å². The van der Waals surface area contributed by atoms with Gasteiger partial charge >= 0.3 is 5.69 Å². The first-order chi connectivity index (χ1) is 12.6. The maximum Gasteiger partial charge on any atom is 0.363 e. The van der Waals surface area contributed by atoms with Crippen LogP contribution in [0.1, 0.15) is 16.8 Å². The van der Waals surface area contributed by atoms with E-state index in [1.165, 1.54) is 0 Å². The van der Waals surface area contributed by atoms with Gasteiger partial charge in [-0.05, 0) is 54.4 Å². The summed E-state index contributed by atoms with van der Waals surface area (Å²) in [5.74, 6) is 1.05. The smallest absolute Gasteiger partial charge is 0.363 e. The van der Waals surface area contributed by atoms with Crippen LogP contribution < -0.4 is 15.9 Å². The number of rotatable bonds is 6. The molecule has 0 saturated heterocycles. The van der Waals surface area contributed by atoms with Crippen molar-refractivity contribution < 1.29 is 4.74 Å². The molecule has 7 nitrogen and oxygen atoms in total. The normalized spacial score (nSPS) is 10.8. The molecule has 0 spiro atoms. The van der Waals surface area contributed by atoms with Gasteiger partial charge in [-0.25, -0.2) is 9.89 Å². The molecule has 26 heavy (non-hydrogen) atoms. The Kier molecular flexibility index (Phi) is 5.60. The van der Waals surface area contributed by atoms with Crippen LogP contribution in [0.4, 0.5) is 5.82 Å². The number of benzene rings is 2. The van der Waals surface area contributed by atoms with Gasteiger partial charge < -0.3 is 4.74 Å². The summed E-state index contributed by atoms with van der Waals surface area (Å²) >= 11 is 5.96. The maximum absolute atomic E-state index is 11.2. The Morgan fingerprint density at radius 2 is 2.08 bits per heavy atom. The second-order valence-corrected chi connectivity index (χ2v) is 5.87. The molecule has 0 radical (unpaired) electrons. The lowest BCUT2D eigenvalue weighted by atomic mass is 10.2. The zero-order chi connectivity index (χ0) is 18.4. The van der Waals surface area contributed by atoms with Gasteiger partial charge in [-0.15, -0.1) is 0 Å². The number of aromatic nitrogens is 3. The fourth-order valence-corrected chi connectivity index (χ4v) is 2.32. The van der Waals surface area contributed by atoms with Crippen molar-refractivity contribution in [2.24, 2.45) is 5.10 Å². The van der Waals surface area contributed by atoms with Crippen LogP contribution in [0.5, 0.6) is 5.75 Å². The van der Waals surface area contributed by atoms with Gasteiger partial charge in [-0.2, -0.15) is 15.2 Å². The Morgan fingerprint density at radius 1 is 1.27 bits per heavy atom. The van der Waals surface area contributed by atoms with Gasteiger partial charge in [0.1, 0.15) is 18.1 Å². The van der Waals surface area contributed by atoms with Gasteiger partial charge in [0.2, 0.25) is 0 Å². The highest BCUT2D eigenvalue weighted by molar-refractivity contribution is 6.30. The molecular weight excluding hydrogens is 354 g/mol. The number of halogens is 1. The molecule has 0 fully saturated rings. The number of aryl methyl sites for hydroxylation is 1. The molecule has 1 aromatic heterocycles. The van der Waals surface area contributed by atoms with E-state index in [2.05, 4.69) is 25.7 Å². The third-order valence-electron chi connectivity index (χ3n) is 3.43. The second kappa shape index (κ2) is 8.26. The lowest BCUT2D eigenvalue weighted by molar-refractivity contribution is 0.306. The zero-order valence-corrected chi connectivity index (χ0v) is 14.7. The number of hydrazone groups is 1. The Labute approximate surface area is 154 Å². The van der Waals surface area contributed by atoms with Crippen LogP contribution in [0, 0.1) is 6.92 Å². The van der Waals surface area contributed by atoms with Crippen LogP contribution in [-0.4, -0.2) is 21.4 Å². The van der Waals surface area contributed by atoms with Crippen molar-refractivity contribution in [3.8, 4) is 5.75 Å². The Morgan fingerprint density at radius 3 is 2.85 bits per heavy atom. The Hall–Kier alpha value is -3.19. The van der Waals surface area contributed by atoms with E-state index in [-0.39, 0.29) is 0 Å². The summed E-state index contributed by atoms with van der Waals surface area (Å²) in [6, 6.07) is 15.0. The predicted octanol–water partition coefficient (Wildman–Crippen LogP) is 3.15. The van der Waals surface area contributed by atoms with E-state index >= 15 is 0 Å². The number of hydrogen-bond donors (Lipinski definition) is 2. The zero-order valence-electron chi connectivity index (χ0n) is 13.9. The van der Waals surface area contributed by atoms with Crippen LogP contribution in [0.25, 0.3) is 0 Å². The molecular formula is C18H16ClN5O2. The summed E-state index contributed by atoms with van der Waals surface area (Å²) < 4.78 is 5.73. The monoisotopic (exact) mass is 369 g/mol. The number of hydrogen-bond acceptors (Lipinski definition) is 6. The van der Waals surface area contributed by atoms with Gasteiger partial charge in [-0.1, -0.05) is 23.7 Å². The molecule has 0 aliphatic carbocycles. The van der Waals surface area contributed by atoms with Crippen molar-refractivity contribution in [2.45, 2.75) is 13.5 Å². The topological polar surface area (TPSA) is 92.3 Å². The van der Waals surface area contributed by atoms with Crippen LogP contribution in [0.15, 0.2) is 58.4 Å². The van der Waals surface area contributed by atoms with Gasteiger partial charge in [0.05, 0.1) is 6.21 Å². The molecule has 0 amide bonds. The Balaban J connectivity index is 1.57. The van der Waals surface area contributed by atoms with E-state index in [4.69, 9.17) is 16.3 Å². The molecule has 1 heterocycles. The third kappa shape index (κ3) is 4.90. The molecule has 0 unspecified atom stereocenters. The van der Waals surface area contributed by atoms with Crippen molar-refractivity contribution in [3.63, 3.8) is 0 Å². The van der Waals surface area contributed by atoms with Crippen LogP contribution >= 0.6 is 11.6 Å². The van der Waals surface area contributed by atoms with E-state index in [1.54, 1.807) is 13.1 Å². The fourth-order valence-electron chi connectivity index (χ4n) is 2.11. The molecule has 2 N–H and O–H groups in total. The van der Waals surface area contributed by atoms with Gasteiger partial charge in [0.25, 0.3) is 0 Å². The number of aromatic amines is 1. The number of nitrogens with zero attached hydrogens (tertiary/aromatic N) is 3. The first-order valence-corrected chi connectivity index (χ1v) is 8.18. The molecule has 0 aliphatic heterocycles. The highest BCUT2D eigenvalue weighted by atomic mass is 35.5. The molecule has 0 saturated carbocycles. The van der Waals surface area contributed by atoms with Crippen LogP contribution in [0.3, 0.4) is 0 Å². The highest BCUT2D eigenvalue weighted by Crippen LogP contribution is 2.16. The molecule has 0 atom stereocenters. The molecule has 8 heteroatoms. The van der Waals surface area contributed by atoms with Gasteiger partial charge in [0, 0.05) is 5.02 Å². The summed E-state index contributed by atoms with van der Waals surface area (Å²) in [5.41, 5.74) is 4.58. The lowest BCUT2D eigenvalue weighted by Gasteiger charge is -2.07. The average molecular weight is 370 g/mol. The standard InChI is InChI=1S/C18H16ClN5O2/c1-12-17(21-18(25)24-22-12)23-20-10-13-5-7-16(8-6-13)26-11-14-3-2-4-15(19)9-14/h2-10H,11H2,1H3,(H2,21,23,24,25). The van der Waals surface area contributed by atoms with Crippen molar-refractivity contribution in [2.75, 3.05) is 5.43 Å². The van der Waals surface area contributed by atoms with Gasteiger partial charge in [0.15, 0.2) is 5.82 Å². The minimum Gasteiger partial charge on any atom is -0.489 e. The minimum atomic E-state index is -0.533. The van der Waals surface area contributed by atoms with E-state index in [9.17, 15) is 4.79 Å². The van der Waals surface area contributed by atoms with E-state index < -0.39 is 5.69 Å². The number of ether oxygens (including phenoxy) is 1. The fraction of sp³-hybridized carbons (Fsp3) is 0.111. The predicted molar refractivity (Wildman–Crippen MR) is 101 cm³/mol. The van der Waals surface area contributed by atoms with Crippen LogP contribution in [0.2, 0.25) is 5.02 Å². The van der Waals surface area contributed by atoms with E-state index in [1.807, 2.05) is 48.5 Å². The van der Waals surface area contributed by atoms with Crippen LogP contribution in [-0.2, 0) is 6.61 Å².